The Morgan fingerprint density at radius 3 is 0.860 bits per heavy atom. The van der Waals surface area contributed by atoms with Gasteiger partial charge in [0.25, 0.3) is 0 Å². The van der Waals surface area contributed by atoms with Gasteiger partial charge in [-0.05, 0) is 38.0 Å². The van der Waals surface area contributed by atoms with E-state index in [4.69, 9.17) is 61.6 Å². The lowest BCUT2D eigenvalue weighted by Crippen LogP contribution is -2.24. The van der Waals surface area contributed by atoms with E-state index in [9.17, 15) is 4.79 Å². The number of rotatable bonds is 42. The summed E-state index contributed by atoms with van der Waals surface area (Å²) in [5, 5.41) is 0. The van der Waals surface area contributed by atoms with E-state index in [1.807, 2.05) is 20.8 Å². The summed E-state index contributed by atoms with van der Waals surface area (Å²) in [7, 11) is 0. The second-order valence-corrected chi connectivity index (χ2v) is 12.9. The monoisotopic (exact) mass is 840 g/mol. The van der Waals surface area contributed by atoms with Crippen molar-refractivity contribution in [1.82, 2.24) is 0 Å². The van der Waals surface area contributed by atoms with Crippen LogP contribution in [0.3, 0.4) is 0 Å². The number of esters is 1. The maximum Gasteiger partial charge on any atom is 0.308 e. The lowest BCUT2D eigenvalue weighted by Gasteiger charge is -2.19. The van der Waals surface area contributed by atoms with Crippen molar-refractivity contribution in [2.24, 2.45) is 0 Å². The third kappa shape index (κ3) is 45.7. The smallest absolute Gasteiger partial charge is 0.308 e. The summed E-state index contributed by atoms with van der Waals surface area (Å²) in [6.45, 7) is 17.9. The Morgan fingerprint density at radius 2 is 0.600 bits per heavy atom. The first-order valence-corrected chi connectivity index (χ1v) is 19.7. The van der Waals surface area contributed by atoms with E-state index in [2.05, 4.69) is 22.6 Å². The second-order valence-electron chi connectivity index (χ2n) is 11.8. The number of ether oxygens (including phenoxy) is 13. The molecule has 50 heavy (non-hydrogen) atoms. The Morgan fingerprint density at radius 1 is 0.360 bits per heavy atom. The topological polar surface area (TPSA) is 137 Å². The molecule has 0 aliphatic carbocycles. The van der Waals surface area contributed by atoms with Gasteiger partial charge < -0.3 is 61.6 Å². The number of carbonyl (C=O) groups excluding carboxylic acids is 1. The van der Waals surface area contributed by atoms with Crippen LogP contribution in [-0.2, 0) is 66.4 Å². The van der Waals surface area contributed by atoms with Crippen molar-refractivity contribution >= 4 is 28.6 Å². The summed E-state index contributed by atoms with van der Waals surface area (Å²) in [5.74, 6) is -0.264. The van der Waals surface area contributed by atoms with Crippen molar-refractivity contribution in [3.63, 3.8) is 0 Å². The lowest BCUT2D eigenvalue weighted by molar-refractivity contribution is -0.156. The molecule has 0 saturated carbocycles. The molecule has 0 bridgehead atoms. The molecule has 0 atom stereocenters. The molecular weight excluding hydrogens is 771 g/mol. The van der Waals surface area contributed by atoms with Crippen molar-refractivity contribution in [1.29, 1.82) is 0 Å². The highest BCUT2D eigenvalue weighted by Crippen LogP contribution is 2.08. The van der Waals surface area contributed by atoms with Crippen LogP contribution in [0.5, 0.6) is 0 Å². The molecule has 14 nitrogen and oxygen atoms in total. The summed E-state index contributed by atoms with van der Waals surface area (Å²) in [6, 6.07) is 0. The summed E-state index contributed by atoms with van der Waals surface area (Å²) in [6.07, 6.45) is 5.20. The highest BCUT2D eigenvalue weighted by molar-refractivity contribution is 14.1. The van der Waals surface area contributed by atoms with Gasteiger partial charge in [-0.3, -0.25) is 4.79 Å². The molecular formula is C35H69IO14. The molecule has 0 spiro atoms. The van der Waals surface area contributed by atoms with Crippen LogP contribution in [0, 0.1) is 0 Å². The van der Waals surface area contributed by atoms with Crippen LogP contribution in [0.2, 0.25) is 0 Å². The Kier molecular flexibility index (Phi) is 41.2. The molecule has 0 heterocycles. The number of alkyl halides is 1. The Bertz CT molecular complexity index is 672. The van der Waals surface area contributed by atoms with Gasteiger partial charge in [0, 0.05) is 6.61 Å². The first kappa shape index (κ1) is 49.7. The van der Waals surface area contributed by atoms with Gasteiger partial charge in [-0.15, -0.1) is 0 Å². The van der Waals surface area contributed by atoms with Crippen molar-refractivity contribution in [3.8, 4) is 0 Å². The fourth-order valence-electron chi connectivity index (χ4n) is 3.72. The van der Waals surface area contributed by atoms with Gasteiger partial charge >= 0.3 is 5.97 Å². The maximum atomic E-state index is 11.6. The molecule has 0 radical (unpaired) electrons. The number of unbranched alkanes of at least 4 members (excludes halogenated alkanes) is 3. The van der Waals surface area contributed by atoms with E-state index in [1.165, 1.54) is 23.7 Å². The normalized spacial score (nSPS) is 11.8. The van der Waals surface area contributed by atoms with Gasteiger partial charge in [0.15, 0.2) is 0 Å². The fraction of sp³-hybridized carbons (Fsp3) is 0.971. The lowest BCUT2D eigenvalue weighted by atomic mass is 10.2. The van der Waals surface area contributed by atoms with Crippen molar-refractivity contribution in [2.75, 3.05) is 163 Å². The quantitative estimate of drug-likeness (QED) is 0.0380. The van der Waals surface area contributed by atoms with Crippen LogP contribution in [0.4, 0.5) is 0 Å². The number of hydrogen-bond donors (Lipinski definition) is 0. The number of hydrogen-bond acceptors (Lipinski definition) is 14. The predicted molar refractivity (Wildman–Crippen MR) is 198 cm³/mol. The Hall–Kier alpha value is -0.280. The van der Waals surface area contributed by atoms with Crippen LogP contribution in [0.1, 0.15) is 52.9 Å². The standard InChI is InChI=1S/C35H69IO14/c1-35(2,3)50-34(37)8-11-39-13-15-41-17-19-43-21-23-45-25-27-47-29-31-49-33-32-48-30-28-46-26-24-44-22-20-42-18-16-40-14-12-38-10-7-5-4-6-9-36/h4-33H2,1-3H3. The summed E-state index contributed by atoms with van der Waals surface area (Å²) < 4.78 is 72.2. The van der Waals surface area contributed by atoms with E-state index >= 15 is 0 Å². The molecule has 0 amide bonds. The van der Waals surface area contributed by atoms with Gasteiger partial charge in [0.2, 0.25) is 0 Å². The summed E-state index contributed by atoms with van der Waals surface area (Å²) in [4.78, 5) is 11.6. The molecule has 15 heteroatoms. The van der Waals surface area contributed by atoms with Gasteiger partial charge in [0.05, 0.1) is 158 Å². The average molecular weight is 841 g/mol. The molecule has 0 saturated heterocycles. The fourth-order valence-corrected chi connectivity index (χ4v) is 4.26. The van der Waals surface area contributed by atoms with E-state index < -0.39 is 5.60 Å². The zero-order chi connectivity index (χ0) is 36.5. The summed E-state index contributed by atoms with van der Waals surface area (Å²) in [5.41, 5.74) is -0.473. The van der Waals surface area contributed by atoms with Crippen molar-refractivity contribution < 1.29 is 66.4 Å². The first-order chi connectivity index (χ1) is 24.5. The van der Waals surface area contributed by atoms with Gasteiger partial charge in [-0.2, -0.15) is 0 Å². The van der Waals surface area contributed by atoms with Crippen LogP contribution < -0.4 is 0 Å². The largest absolute Gasteiger partial charge is 0.460 e. The van der Waals surface area contributed by atoms with Crippen LogP contribution >= 0.6 is 22.6 Å². The minimum absolute atomic E-state index is 0.233. The molecule has 0 fully saturated rings. The van der Waals surface area contributed by atoms with E-state index in [-0.39, 0.29) is 12.4 Å². The minimum Gasteiger partial charge on any atom is -0.460 e. The van der Waals surface area contributed by atoms with Crippen LogP contribution in [0.15, 0.2) is 0 Å². The second kappa shape index (κ2) is 41.5. The van der Waals surface area contributed by atoms with Gasteiger partial charge in [-0.1, -0.05) is 35.4 Å². The average Bonchev–Trinajstić information content (AvgIpc) is 3.08. The molecule has 0 aliphatic rings. The molecule has 0 aromatic carbocycles. The molecule has 0 aromatic heterocycles. The number of carbonyl (C=O) groups is 1. The Balaban J connectivity index is 3.09. The SMILES string of the molecule is CC(C)(C)OC(=O)CCOCCOCCOCCOCCOCCOCCOCCOCCOCCOCCOCCOCCCCCCI. The van der Waals surface area contributed by atoms with Crippen LogP contribution in [0.25, 0.3) is 0 Å². The zero-order valence-corrected chi connectivity index (χ0v) is 33.5. The maximum absolute atomic E-state index is 11.6. The zero-order valence-electron chi connectivity index (χ0n) is 31.3. The van der Waals surface area contributed by atoms with E-state index in [1.54, 1.807) is 0 Å². The van der Waals surface area contributed by atoms with Gasteiger partial charge in [-0.25, -0.2) is 0 Å². The first-order valence-electron chi connectivity index (χ1n) is 18.2. The van der Waals surface area contributed by atoms with E-state index in [0.29, 0.717) is 152 Å². The molecule has 0 rings (SSSR count). The third-order valence-electron chi connectivity index (χ3n) is 6.13. The van der Waals surface area contributed by atoms with Crippen molar-refractivity contribution in [2.45, 2.75) is 58.5 Å². The van der Waals surface area contributed by atoms with Crippen molar-refractivity contribution in [3.05, 3.63) is 0 Å². The molecule has 0 aliphatic heterocycles. The molecule has 0 unspecified atom stereocenters. The Labute approximate surface area is 315 Å². The predicted octanol–water partition coefficient (Wildman–Crippen LogP) is 3.91. The number of halogens is 1. The molecule has 300 valence electrons. The summed E-state index contributed by atoms with van der Waals surface area (Å²) >= 11 is 2.42. The molecule has 0 aromatic rings. The third-order valence-corrected chi connectivity index (χ3v) is 6.90. The highest BCUT2D eigenvalue weighted by atomic mass is 127. The molecule has 0 N–H and O–H groups in total. The van der Waals surface area contributed by atoms with Crippen LogP contribution in [-0.4, -0.2) is 175 Å². The van der Waals surface area contributed by atoms with E-state index in [0.717, 1.165) is 13.0 Å². The minimum atomic E-state index is -0.473. The highest BCUT2D eigenvalue weighted by Gasteiger charge is 2.15. The van der Waals surface area contributed by atoms with Gasteiger partial charge in [0.1, 0.15) is 5.60 Å².